The molecule has 0 spiro atoms. The number of terminal acetylenes is 1. The van der Waals surface area contributed by atoms with Crippen molar-refractivity contribution in [1.29, 1.82) is 0 Å². The Morgan fingerprint density at radius 3 is 3.10 bits per heavy atom. The van der Waals surface area contributed by atoms with Crippen LogP contribution < -0.4 is 0 Å². The van der Waals surface area contributed by atoms with Gasteiger partial charge in [-0.3, -0.25) is 0 Å². The second-order valence-electron chi connectivity index (χ2n) is 2.03. The summed E-state index contributed by atoms with van der Waals surface area (Å²) < 4.78 is 5.36. The Morgan fingerprint density at radius 1 is 1.60 bits per heavy atom. The first-order valence-electron chi connectivity index (χ1n) is 3.23. The summed E-state index contributed by atoms with van der Waals surface area (Å²) in [6.45, 7) is 0.468. The molecule has 0 amide bonds. The molecule has 1 heterocycles. The first-order valence-corrected chi connectivity index (χ1v) is 5.72. The van der Waals surface area contributed by atoms with Crippen LogP contribution in [0, 0.1) is 12.3 Å². The van der Waals surface area contributed by atoms with Crippen molar-refractivity contribution in [3.63, 3.8) is 0 Å². The van der Waals surface area contributed by atoms with Gasteiger partial charge in [0, 0.05) is 11.5 Å². The molecule has 0 aromatic heterocycles. The van der Waals surface area contributed by atoms with Crippen molar-refractivity contribution in [3.8, 4) is 12.3 Å². The molecule has 56 valence electrons. The van der Waals surface area contributed by atoms with E-state index in [1.165, 1.54) is 5.75 Å². The van der Waals surface area contributed by atoms with E-state index < -0.39 is 0 Å². The minimum Gasteiger partial charge on any atom is -0.365 e. The summed E-state index contributed by atoms with van der Waals surface area (Å²) in [5.41, 5.74) is 0. The molecule has 1 fully saturated rings. The van der Waals surface area contributed by atoms with E-state index in [1.54, 1.807) is 0 Å². The quantitative estimate of drug-likeness (QED) is 0.466. The van der Waals surface area contributed by atoms with Crippen molar-refractivity contribution < 1.29 is 4.74 Å². The molecule has 0 radical (unpaired) electrons. The van der Waals surface area contributed by atoms with E-state index in [2.05, 4.69) is 5.92 Å². The van der Waals surface area contributed by atoms with Crippen molar-refractivity contribution in [3.05, 3.63) is 0 Å². The fraction of sp³-hybridized carbons (Fsp3) is 0.714. The van der Waals surface area contributed by atoms with Crippen LogP contribution in [0.2, 0.25) is 0 Å². The fourth-order valence-electron chi connectivity index (χ4n) is 0.743. The highest BCUT2D eigenvalue weighted by Gasteiger charge is 2.13. The zero-order valence-electron chi connectivity index (χ0n) is 5.71. The van der Waals surface area contributed by atoms with Crippen LogP contribution in [0.5, 0.6) is 0 Å². The van der Waals surface area contributed by atoms with Crippen LogP contribution in [0.1, 0.15) is 6.42 Å². The van der Waals surface area contributed by atoms with E-state index in [-0.39, 0.29) is 0 Å². The highest BCUT2D eigenvalue weighted by molar-refractivity contribution is 8.76. The molecule has 0 aromatic carbocycles. The number of hydrogen-bond donors (Lipinski definition) is 0. The highest BCUT2D eigenvalue weighted by atomic mass is 33.1. The SMILES string of the molecule is C#CCO[C@H]1CCSSC1. The normalized spacial score (nSPS) is 25.7. The molecular weight excluding hydrogens is 164 g/mol. The van der Waals surface area contributed by atoms with Gasteiger partial charge in [-0.1, -0.05) is 27.5 Å². The first kappa shape index (κ1) is 8.32. The minimum atomic E-state index is 0.405. The second kappa shape index (κ2) is 4.95. The van der Waals surface area contributed by atoms with E-state index in [0.717, 1.165) is 12.2 Å². The average molecular weight is 174 g/mol. The molecule has 0 unspecified atom stereocenters. The lowest BCUT2D eigenvalue weighted by atomic mass is 10.3. The second-order valence-corrected chi connectivity index (χ2v) is 4.66. The van der Waals surface area contributed by atoms with Crippen LogP contribution in [0.25, 0.3) is 0 Å². The smallest absolute Gasteiger partial charge is 0.107 e. The van der Waals surface area contributed by atoms with Gasteiger partial charge in [-0.05, 0) is 6.42 Å². The van der Waals surface area contributed by atoms with E-state index in [9.17, 15) is 0 Å². The third-order valence-corrected chi connectivity index (χ3v) is 3.75. The molecule has 1 rings (SSSR count). The Morgan fingerprint density at radius 2 is 2.50 bits per heavy atom. The first-order chi connectivity index (χ1) is 4.93. The molecule has 0 bridgehead atoms. The van der Waals surface area contributed by atoms with Crippen LogP contribution in [0.3, 0.4) is 0 Å². The molecule has 1 nitrogen and oxygen atoms in total. The lowest BCUT2D eigenvalue weighted by Gasteiger charge is -2.19. The molecule has 1 aliphatic heterocycles. The van der Waals surface area contributed by atoms with Crippen molar-refractivity contribution in [2.75, 3.05) is 18.1 Å². The zero-order valence-corrected chi connectivity index (χ0v) is 7.34. The maximum Gasteiger partial charge on any atom is 0.107 e. The Bertz CT molecular complexity index is 124. The van der Waals surface area contributed by atoms with Crippen molar-refractivity contribution >= 4 is 21.6 Å². The summed E-state index contributed by atoms with van der Waals surface area (Å²) in [5.74, 6) is 4.76. The monoisotopic (exact) mass is 174 g/mol. The summed E-state index contributed by atoms with van der Waals surface area (Å²) in [7, 11) is 3.79. The van der Waals surface area contributed by atoms with Gasteiger partial charge >= 0.3 is 0 Å². The van der Waals surface area contributed by atoms with Crippen LogP contribution in [0.4, 0.5) is 0 Å². The molecule has 0 saturated carbocycles. The molecular formula is C7H10OS2. The highest BCUT2D eigenvalue weighted by Crippen LogP contribution is 2.30. The summed E-state index contributed by atoms with van der Waals surface area (Å²) >= 11 is 0. The van der Waals surface area contributed by atoms with Gasteiger partial charge in [0.05, 0.1) is 6.10 Å². The molecule has 0 N–H and O–H groups in total. The summed E-state index contributed by atoms with van der Waals surface area (Å²) in [6.07, 6.45) is 6.62. The lowest BCUT2D eigenvalue weighted by molar-refractivity contribution is 0.0936. The van der Waals surface area contributed by atoms with Gasteiger partial charge in [0.1, 0.15) is 6.61 Å². The van der Waals surface area contributed by atoms with Crippen molar-refractivity contribution in [1.82, 2.24) is 0 Å². The van der Waals surface area contributed by atoms with E-state index >= 15 is 0 Å². The van der Waals surface area contributed by atoms with E-state index in [1.807, 2.05) is 21.6 Å². The van der Waals surface area contributed by atoms with Gasteiger partial charge in [-0.2, -0.15) is 0 Å². The molecule has 1 atom stereocenters. The van der Waals surface area contributed by atoms with Crippen LogP contribution >= 0.6 is 21.6 Å². The maximum absolute atomic E-state index is 5.36. The largest absolute Gasteiger partial charge is 0.365 e. The Hall–Kier alpha value is 0.220. The predicted octanol–water partition coefficient (Wildman–Crippen LogP) is 1.79. The van der Waals surface area contributed by atoms with Gasteiger partial charge < -0.3 is 4.74 Å². The molecule has 0 aromatic rings. The third-order valence-electron chi connectivity index (χ3n) is 1.26. The Balaban J connectivity index is 2.09. The number of rotatable bonds is 2. The third kappa shape index (κ3) is 2.87. The predicted molar refractivity (Wildman–Crippen MR) is 48.1 cm³/mol. The molecule has 0 aliphatic carbocycles. The van der Waals surface area contributed by atoms with Crippen molar-refractivity contribution in [2.24, 2.45) is 0 Å². The van der Waals surface area contributed by atoms with Gasteiger partial charge in [-0.15, -0.1) is 6.42 Å². The Kier molecular flexibility index (Phi) is 4.12. The van der Waals surface area contributed by atoms with Crippen LogP contribution in [-0.2, 0) is 4.74 Å². The summed E-state index contributed by atoms with van der Waals surface area (Å²) in [6, 6.07) is 0. The van der Waals surface area contributed by atoms with Gasteiger partial charge in [-0.25, -0.2) is 0 Å². The summed E-state index contributed by atoms with van der Waals surface area (Å²) in [4.78, 5) is 0. The van der Waals surface area contributed by atoms with Gasteiger partial charge in [0.2, 0.25) is 0 Å². The standard InChI is InChI=1S/C7H10OS2/c1-2-4-8-7-3-5-9-10-6-7/h1,7H,3-6H2/t7-/m0/s1. The van der Waals surface area contributed by atoms with Crippen LogP contribution in [-0.4, -0.2) is 24.2 Å². The molecule has 1 aliphatic rings. The number of hydrogen-bond acceptors (Lipinski definition) is 3. The molecule has 1 saturated heterocycles. The minimum absolute atomic E-state index is 0.405. The van der Waals surface area contributed by atoms with Crippen molar-refractivity contribution in [2.45, 2.75) is 12.5 Å². The zero-order chi connectivity index (χ0) is 7.23. The van der Waals surface area contributed by atoms with E-state index in [4.69, 9.17) is 11.2 Å². The van der Waals surface area contributed by atoms with Crippen LogP contribution in [0.15, 0.2) is 0 Å². The van der Waals surface area contributed by atoms with Gasteiger partial charge in [0.15, 0.2) is 0 Å². The Labute approximate surface area is 69.7 Å². The number of ether oxygens (including phenoxy) is 1. The maximum atomic E-state index is 5.36. The van der Waals surface area contributed by atoms with E-state index in [0.29, 0.717) is 12.7 Å². The topological polar surface area (TPSA) is 9.23 Å². The molecule has 10 heavy (non-hydrogen) atoms. The van der Waals surface area contributed by atoms with Gasteiger partial charge in [0.25, 0.3) is 0 Å². The average Bonchev–Trinajstić information content (AvgIpc) is 2.03. The molecule has 3 heteroatoms. The lowest BCUT2D eigenvalue weighted by Crippen LogP contribution is -2.19. The summed E-state index contributed by atoms with van der Waals surface area (Å²) in [5, 5.41) is 0. The fourth-order valence-corrected chi connectivity index (χ4v) is 3.12.